The number of nitrogens with two attached hydrogens (primary N) is 1. The summed E-state index contributed by atoms with van der Waals surface area (Å²) in [4.78, 5) is 13.6. The van der Waals surface area contributed by atoms with Crippen molar-refractivity contribution in [2.75, 3.05) is 23.8 Å². The summed E-state index contributed by atoms with van der Waals surface area (Å²) in [6, 6.07) is 3.35. The molecule has 17 heavy (non-hydrogen) atoms. The van der Waals surface area contributed by atoms with Crippen LogP contribution in [-0.2, 0) is 4.79 Å². The van der Waals surface area contributed by atoms with E-state index >= 15 is 0 Å². The summed E-state index contributed by atoms with van der Waals surface area (Å²) < 4.78 is 0.971. The van der Waals surface area contributed by atoms with Gasteiger partial charge >= 0.3 is 0 Å². The molecular weight excluding hydrogens is 282 g/mol. The summed E-state index contributed by atoms with van der Waals surface area (Å²) in [5, 5.41) is 2.80. The molecule has 3 N–H and O–H groups in total. The van der Waals surface area contributed by atoms with Gasteiger partial charge in [0.2, 0.25) is 5.91 Å². The molecule has 5 heteroatoms. The van der Waals surface area contributed by atoms with Crippen molar-refractivity contribution in [3.63, 3.8) is 0 Å². The van der Waals surface area contributed by atoms with Crippen LogP contribution >= 0.6 is 15.9 Å². The Morgan fingerprint density at radius 2 is 2.24 bits per heavy atom. The van der Waals surface area contributed by atoms with Gasteiger partial charge in [0, 0.05) is 29.3 Å². The van der Waals surface area contributed by atoms with Crippen LogP contribution in [0.3, 0.4) is 0 Å². The highest BCUT2D eigenvalue weighted by molar-refractivity contribution is 9.10. The quantitative estimate of drug-likeness (QED) is 0.900. The van der Waals surface area contributed by atoms with Crippen LogP contribution in [0.5, 0.6) is 0 Å². The first kappa shape index (κ1) is 12.4. The van der Waals surface area contributed by atoms with Gasteiger partial charge in [-0.2, -0.15) is 0 Å². The Hall–Kier alpha value is -1.07. The summed E-state index contributed by atoms with van der Waals surface area (Å²) in [6.07, 6.45) is 1.08. The lowest BCUT2D eigenvalue weighted by Gasteiger charge is -2.21. The van der Waals surface area contributed by atoms with Crippen LogP contribution in [0.15, 0.2) is 16.6 Å². The molecule has 0 radical (unpaired) electrons. The van der Waals surface area contributed by atoms with Crippen molar-refractivity contribution >= 4 is 33.2 Å². The second-order valence-corrected chi connectivity index (χ2v) is 5.13. The van der Waals surface area contributed by atoms with Gasteiger partial charge in [-0.15, -0.1) is 0 Å². The van der Waals surface area contributed by atoms with Gasteiger partial charge in [0.25, 0.3) is 0 Å². The van der Waals surface area contributed by atoms with Gasteiger partial charge in [0.1, 0.15) is 6.04 Å². The third-order valence-electron chi connectivity index (χ3n) is 2.96. The predicted molar refractivity (Wildman–Crippen MR) is 73.3 cm³/mol. The molecule has 2 rings (SSSR count). The molecular formula is C12H16BrN3O. The van der Waals surface area contributed by atoms with Crippen molar-refractivity contribution in [3.05, 3.63) is 22.2 Å². The molecule has 0 aromatic heterocycles. The zero-order chi connectivity index (χ0) is 12.6. The Morgan fingerprint density at radius 1 is 1.53 bits per heavy atom. The fourth-order valence-electron chi connectivity index (χ4n) is 2.04. The van der Waals surface area contributed by atoms with Gasteiger partial charge in [-0.05, 0) is 34.5 Å². The van der Waals surface area contributed by atoms with Gasteiger partial charge < -0.3 is 16.0 Å². The maximum atomic E-state index is 11.5. The van der Waals surface area contributed by atoms with E-state index in [9.17, 15) is 4.79 Å². The van der Waals surface area contributed by atoms with E-state index in [0.717, 1.165) is 34.4 Å². The molecule has 1 aromatic rings. The van der Waals surface area contributed by atoms with Crippen molar-refractivity contribution in [1.29, 1.82) is 0 Å². The molecule has 1 heterocycles. The molecule has 0 saturated heterocycles. The minimum absolute atomic E-state index is 0.137. The van der Waals surface area contributed by atoms with E-state index in [0.29, 0.717) is 0 Å². The molecule has 1 unspecified atom stereocenters. The molecule has 0 fully saturated rings. The number of hydrogen-bond donors (Lipinski definition) is 2. The largest absolute Gasteiger partial charge is 0.374 e. The maximum absolute atomic E-state index is 11.5. The molecule has 4 nitrogen and oxygen atoms in total. The second kappa shape index (κ2) is 4.66. The summed E-state index contributed by atoms with van der Waals surface area (Å²) in [7, 11) is 2.03. The number of carbonyl (C=O) groups excluding carboxylic acids is 1. The number of nitrogens with one attached hydrogen (secondary N) is 1. The average Bonchev–Trinajstić information content (AvgIpc) is 2.55. The summed E-state index contributed by atoms with van der Waals surface area (Å²) in [5.74, 6) is -0.137. The third-order valence-corrected chi connectivity index (χ3v) is 3.60. The number of benzene rings is 1. The van der Waals surface area contributed by atoms with Crippen LogP contribution in [0, 0.1) is 0 Å². The van der Waals surface area contributed by atoms with Gasteiger partial charge in [0.15, 0.2) is 0 Å². The minimum Gasteiger partial charge on any atom is -0.374 e. The Morgan fingerprint density at radius 3 is 2.88 bits per heavy atom. The first-order valence-electron chi connectivity index (χ1n) is 5.65. The molecule has 1 aliphatic heterocycles. The predicted octanol–water partition coefficient (Wildman–Crippen LogP) is 2.25. The standard InChI is InChI=1S/C12H16BrN3O/c1-3-4-16(2)10-6-9-7(5-8(10)13)11(14)12(17)15-9/h5-6,11H,3-4,14H2,1-2H3,(H,15,17). The van der Waals surface area contributed by atoms with Gasteiger partial charge in [0.05, 0.1) is 5.69 Å². The van der Waals surface area contributed by atoms with E-state index in [1.165, 1.54) is 0 Å². The fourth-order valence-corrected chi connectivity index (χ4v) is 2.71. The number of halogens is 1. The zero-order valence-corrected chi connectivity index (χ0v) is 11.5. The number of hydrogen-bond acceptors (Lipinski definition) is 3. The van der Waals surface area contributed by atoms with Crippen molar-refractivity contribution in [3.8, 4) is 0 Å². The number of fused-ring (bicyclic) bond motifs is 1. The topological polar surface area (TPSA) is 58.4 Å². The highest BCUT2D eigenvalue weighted by atomic mass is 79.9. The van der Waals surface area contributed by atoms with Crippen LogP contribution in [0.2, 0.25) is 0 Å². The minimum atomic E-state index is -0.549. The number of anilines is 2. The number of amides is 1. The smallest absolute Gasteiger partial charge is 0.245 e. The molecule has 0 spiro atoms. The second-order valence-electron chi connectivity index (χ2n) is 4.28. The maximum Gasteiger partial charge on any atom is 0.245 e. The van der Waals surface area contributed by atoms with Crippen LogP contribution in [0.4, 0.5) is 11.4 Å². The van der Waals surface area contributed by atoms with E-state index in [1.54, 1.807) is 0 Å². The highest BCUT2D eigenvalue weighted by Crippen LogP contribution is 2.37. The first-order valence-corrected chi connectivity index (χ1v) is 6.45. The van der Waals surface area contributed by atoms with Crippen LogP contribution in [0.25, 0.3) is 0 Å². The van der Waals surface area contributed by atoms with E-state index < -0.39 is 6.04 Å². The summed E-state index contributed by atoms with van der Waals surface area (Å²) >= 11 is 3.53. The van der Waals surface area contributed by atoms with Gasteiger partial charge in [-0.1, -0.05) is 6.92 Å². The number of rotatable bonds is 3. The summed E-state index contributed by atoms with van der Waals surface area (Å²) in [6.45, 7) is 3.10. The highest BCUT2D eigenvalue weighted by Gasteiger charge is 2.28. The van der Waals surface area contributed by atoms with Gasteiger partial charge in [-0.25, -0.2) is 0 Å². The Balaban J connectivity index is 2.39. The summed E-state index contributed by atoms with van der Waals surface area (Å²) in [5.41, 5.74) is 8.55. The Bertz CT molecular complexity index is 461. The molecule has 0 bridgehead atoms. The Labute approximate surface area is 109 Å². The third kappa shape index (κ3) is 2.17. The van der Waals surface area contributed by atoms with E-state index in [-0.39, 0.29) is 5.91 Å². The zero-order valence-electron chi connectivity index (χ0n) is 9.96. The van der Waals surface area contributed by atoms with Crippen molar-refractivity contribution in [1.82, 2.24) is 0 Å². The van der Waals surface area contributed by atoms with Crippen molar-refractivity contribution < 1.29 is 4.79 Å². The first-order chi connectivity index (χ1) is 8.04. The molecule has 1 amide bonds. The Kier molecular flexibility index (Phi) is 3.40. The average molecular weight is 298 g/mol. The molecule has 92 valence electrons. The van der Waals surface area contributed by atoms with E-state index in [4.69, 9.17) is 5.73 Å². The van der Waals surface area contributed by atoms with E-state index in [2.05, 4.69) is 33.1 Å². The van der Waals surface area contributed by atoms with Crippen LogP contribution in [0.1, 0.15) is 24.9 Å². The van der Waals surface area contributed by atoms with E-state index in [1.807, 2.05) is 19.2 Å². The lowest BCUT2D eigenvalue weighted by molar-refractivity contribution is -0.116. The molecule has 1 aromatic carbocycles. The molecule has 0 aliphatic carbocycles. The lowest BCUT2D eigenvalue weighted by atomic mass is 10.1. The van der Waals surface area contributed by atoms with Crippen molar-refractivity contribution in [2.24, 2.45) is 5.73 Å². The molecule has 0 saturated carbocycles. The van der Waals surface area contributed by atoms with Crippen LogP contribution < -0.4 is 16.0 Å². The SMILES string of the molecule is CCCN(C)c1cc2c(cc1Br)C(N)C(=O)N2. The normalized spacial score (nSPS) is 17.9. The molecule has 1 aliphatic rings. The lowest BCUT2D eigenvalue weighted by Crippen LogP contribution is -2.19. The van der Waals surface area contributed by atoms with Crippen LogP contribution in [-0.4, -0.2) is 19.5 Å². The van der Waals surface area contributed by atoms with Gasteiger partial charge in [-0.3, -0.25) is 4.79 Å². The molecule has 1 atom stereocenters. The monoisotopic (exact) mass is 297 g/mol. The fraction of sp³-hybridized carbons (Fsp3) is 0.417. The number of nitrogens with zero attached hydrogens (tertiary/aromatic N) is 1. The van der Waals surface area contributed by atoms with Crippen molar-refractivity contribution in [2.45, 2.75) is 19.4 Å². The number of carbonyl (C=O) groups is 1.